The Labute approximate surface area is 78.1 Å². The van der Waals surface area contributed by atoms with Crippen LogP contribution in [0.4, 0.5) is 0 Å². The van der Waals surface area contributed by atoms with Gasteiger partial charge in [0, 0.05) is 12.1 Å². The molecule has 1 fully saturated rings. The van der Waals surface area contributed by atoms with E-state index < -0.39 is 0 Å². The summed E-state index contributed by atoms with van der Waals surface area (Å²) in [5, 5.41) is 3.45. The van der Waals surface area contributed by atoms with Crippen LogP contribution in [-0.2, 0) is 9.53 Å². The Morgan fingerprint density at radius 2 is 2.38 bits per heavy atom. The molecule has 1 N–H and O–H groups in total. The van der Waals surface area contributed by atoms with Gasteiger partial charge in [-0.2, -0.15) is 0 Å². The number of allylic oxidation sites excluding steroid dienone is 1. The van der Waals surface area contributed by atoms with Crippen molar-refractivity contribution < 1.29 is 9.53 Å². The molecule has 3 heteroatoms. The predicted molar refractivity (Wildman–Crippen MR) is 49.3 cm³/mol. The first-order valence-electron chi connectivity index (χ1n) is 4.85. The first kappa shape index (κ1) is 8.75. The molecule has 0 aromatic carbocycles. The van der Waals surface area contributed by atoms with Gasteiger partial charge in [0.1, 0.15) is 0 Å². The maximum atomic E-state index is 11.4. The molecule has 2 heterocycles. The summed E-state index contributed by atoms with van der Waals surface area (Å²) in [6, 6.07) is 0.864. The average Bonchev–Trinajstić information content (AvgIpc) is 2.46. The summed E-state index contributed by atoms with van der Waals surface area (Å²) >= 11 is 0. The van der Waals surface area contributed by atoms with Crippen LogP contribution in [0.2, 0.25) is 0 Å². The number of nitrogens with one attached hydrogen (secondary N) is 1. The van der Waals surface area contributed by atoms with Gasteiger partial charge < -0.3 is 10.1 Å². The zero-order valence-corrected chi connectivity index (χ0v) is 7.88. The molecular formula is C10H15NO2. The fourth-order valence-corrected chi connectivity index (χ4v) is 2.22. The van der Waals surface area contributed by atoms with Crippen molar-refractivity contribution in [2.75, 3.05) is 7.11 Å². The van der Waals surface area contributed by atoms with Crippen LogP contribution in [0, 0.1) is 0 Å². The van der Waals surface area contributed by atoms with Crippen LogP contribution in [0.25, 0.3) is 0 Å². The van der Waals surface area contributed by atoms with Gasteiger partial charge in [0.05, 0.1) is 12.7 Å². The highest BCUT2D eigenvalue weighted by molar-refractivity contribution is 5.89. The Morgan fingerprint density at radius 1 is 1.54 bits per heavy atom. The highest BCUT2D eigenvalue weighted by atomic mass is 16.5. The number of carbonyl (C=O) groups is 1. The molecule has 0 spiro atoms. The van der Waals surface area contributed by atoms with Crippen molar-refractivity contribution in [2.45, 2.75) is 37.8 Å². The number of fused-ring (bicyclic) bond motifs is 2. The van der Waals surface area contributed by atoms with Crippen molar-refractivity contribution in [3.8, 4) is 0 Å². The minimum atomic E-state index is -0.167. The normalized spacial score (nSPS) is 32.2. The van der Waals surface area contributed by atoms with Crippen LogP contribution in [0.1, 0.15) is 25.7 Å². The number of hydrogen-bond acceptors (Lipinski definition) is 3. The molecule has 2 bridgehead atoms. The third-order valence-corrected chi connectivity index (χ3v) is 2.92. The first-order chi connectivity index (χ1) is 6.31. The predicted octanol–water partition coefficient (Wildman–Crippen LogP) is 1.00. The van der Waals surface area contributed by atoms with Crippen molar-refractivity contribution in [1.82, 2.24) is 5.32 Å². The zero-order chi connectivity index (χ0) is 9.26. The summed E-state index contributed by atoms with van der Waals surface area (Å²) in [5.74, 6) is -0.167. The first-order valence-corrected chi connectivity index (χ1v) is 4.85. The van der Waals surface area contributed by atoms with Gasteiger partial charge in [-0.1, -0.05) is 6.08 Å². The van der Waals surface area contributed by atoms with Crippen molar-refractivity contribution in [3.05, 3.63) is 11.6 Å². The van der Waals surface area contributed by atoms with E-state index in [0.29, 0.717) is 6.04 Å². The Bertz CT molecular complexity index is 247. The molecule has 13 heavy (non-hydrogen) atoms. The molecule has 0 aromatic heterocycles. The fourth-order valence-electron chi connectivity index (χ4n) is 2.22. The second-order valence-corrected chi connectivity index (χ2v) is 3.72. The lowest BCUT2D eigenvalue weighted by atomic mass is 10.00. The van der Waals surface area contributed by atoms with Gasteiger partial charge in [-0.25, -0.2) is 4.79 Å². The summed E-state index contributed by atoms with van der Waals surface area (Å²) in [6.07, 6.45) is 6.45. The average molecular weight is 181 g/mol. The van der Waals surface area contributed by atoms with Crippen molar-refractivity contribution in [1.29, 1.82) is 0 Å². The molecule has 3 nitrogen and oxygen atoms in total. The van der Waals surface area contributed by atoms with Crippen LogP contribution < -0.4 is 5.32 Å². The number of hydrogen-bond donors (Lipinski definition) is 1. The van der Waals surface area contributed by atoms with Crippen LogP contribution >= 0.6 is 0 Å². The Kier molecular flexibility index (Phi) is 2.36. The number of rotatable bonds is 1. The summed E-state index contributed by atoms with van der Waals surface area (Å²) in [7, 11) is 1.44. The summed E-state index contributed by atoms with van der Waals surface area (Å²) in [6.45, 7) is 0. The van der Waals surface area contributed by atoms with Gasteiger partial charge >= 0.3 is 5.97 Å². The number of carbonyl (C=O) groups excluding carboxylic acids is 1. The van der Waals surface area contributed by atoms with E-state index in [4.69, 9.17) is 4.74 Å². The Hall–Kier alpha value is -0.830. The molecule has 0 radical (unpaired) electrons. The second-order valence-electron chi connectivity index (χ2n) is 3.72. The summed E-state index contributed by atoms with van der Waals surface area (Å²) in [4.78, 5) is 11.4. The van der Waals surface area contributed by atoms with Crippen molar-refractivity contribution >= 4 is 5.97 Å². The van der Waals surface area contributed by atoms with E-state index >= 15 is 0 Å². The van der Waals surface area contributed by atoms with E-state index in [-0.39, 0.29) is 12.0 Å². The third-order valence-electron chi connectivity index (χ3n) is 2.92. The van der Waals surface area contributed by atoms with Crippen LogP contribution in [0.3, 0.4) is 0 Å². The SMILES string of the molecule is COC(=O)C1=CCC[C@@H]2CC[C@H]1N2. The zero-order valence-electron chi connectivity index (χ0n) is 7.88. The second kappa shape index (κ2) is 3.50. The standard InChI is InChI=1S/C10H15NO2/c1-13-10(12)8-4-2-3-7-5-6-9(8)11-7/h4,7,9,11H,2-3,5-6H2,1H3/t7-,9-/m1/s1. The van der Waals surface area contributed by atoms with Gasteiger partial charge in [-0.3, -0.25) is 0 Å². The van der Waals surface area contributed by atoms with Gasteiger partial charge in [-0.05, 0) is 25.7 Å². The monoisotopic (exact) mass is 181 g/mol. The minimum absolute atomic E-state index is 0.167. The lowest BCUT2D eigenvalue weighted by Crippen LogP contribution is -2.31. The lowest BCUT2D eigenvalue weighted by Gasteiger charge is -2.12. The number of ether oxygens (including phenoxy) is 1. The maximum Gasteiger partial charge on any atom is 0.335 e. The smallest absolute Gasteiger partial charge is 0.335 e. The van der Waals surface area contributed by atoms with Gasteiger partial charge in [0.15, 0.2) is 0 Å². The molecule has 0 amide bonds. The molecule has 0 aromatic rings. The lowest BCUT2D eigenvalue weighted by molar-refractivity contribution is -0.136. The Balaban J connectivity index is 2.16. The van der Waals surface area contributed by atoms with E-state index in [9.17, 15) is 4.79 Å². The largest absolute Gasteiger partial charge is 0.466 e. The van der Waals surface area contributed by atoms with Gasteiger partial charge in [-0.15, -0.1) is 0 Å². The molecule has 0 aliphatic carbocycles. The van der Waals surface area contributed by atoms with Gasteiger partial charge in [0.2, 0.25) is 0 Å². The number of methoxy groups -OCH3 is 1. The highest BCUT2D eigenvalue weighted by Gasteiger charge is 2.31. The van der Waals surface area contributed by atoms with Crippen LogP contribution in [0.15, 0.2) is 11.6 Å². The highest BCUT2D eigenvalue weighted by Crippen LogP contribution is 2.26. The third kappa shape index (κ3) is 1.61. The van der Waals surface area contributed by atoms with E-state index in [1.807, 2.05) is 6.08 Å². The molecule has 72 valence electrons. The number of esters is 1. The van der Waals surface area contributed by atoms with E-state index in [2.05, 4.69) is 5.32 Å². The molecule has 2 atom stereocenters. The van der Waals surface area contributed by atoms with E-state index in [1.165, 1.54) is 13.5 Å². The van der Waals surface area contributed by atoms with Gasteiger partial charge in [0.25, 0.3) is 0 Å². The minimum Gasteiger partial charge on any atom is -0.466 e. The summed E-state index contributed by atoms with van der Waals surface area (Å²) < 4.78 is 4.75. The molecule has 1 saturated heterocycles. The maximum absolute atomic E-state index is 11.4. The van der Waals surface area contributed by atoms with Crippen molar-refractivity contribution in [3.63, 3.8) is 0 Å². The van der Waals surface area contributed by atoms with Crippen LogP contribution in [-0.4, -0.2) is 25.2 Å². The van der Waals surface area contributed by atoms with E-state index in [0.717, 1.165) is 24.8 Å². The molecule has 2 rings (SSSR count). The molecule has 2 aliphatic heterocycles. The fraction of sp³-hybridized carbons (Fsp3) is 0.700. The topological polar surface area (TPSA) is 38.3 Å². The molecular weight excluding hydrogens is 166 g/mol. The van der Waals surface area contributed by atoms with Crippen LogP contribution in [0.5, 0.6) is 0 Å². The molecule has 0 saturated carbocycles. The molecule has 0 unspecified atom stereocenters. The quantitative estimate of drug-likeness (QED) is 0.613. The Morgan fingerprint density at radius 3 is 3.15 bits per heavy atom. The summed E-state index contributed by atoms with van der Waals surface area (Å²) in [5.41, 5.74) is 0.836. The van der Waals surface area contributed by atoms with Crippen molar-refractivity contribution in [2.24, 2.45) is 0 Å². The van der Waals surface area contributed by atoms with E-state index in [1.54, 1.807) is 0 Å². The molecule has 2 aliphatic rings.